The Hall–Kier alpha value is -2.63. The first kappa shape index (κ1) is 14.8. The lowest BCUT2D eigenvalue weighted by atomic mass is 10.0. The first-order chi connectivity index (χ1) is 9.99. The molecule has 0 aliphatic carbocycles. The zero-order valence-electron chi connectivity index (χ0n) is 11.3. The second kappa shape index (κ2) is 5.78. The maximum absolute atomic E-state index is 14.0. The third kappa shape index (κ3) is 2.65. The molecule has 0 saturated carbocycles. The average molecular weight is 294 g/mol. The Morgan fingerprint density at radius 3 is 2.24 bits per heavy atom. The van der Waals surface area contributed by atoms with Gasteiger partial charge < -0.3 is 14.6 Å². The van der Waals surface area contributed by atoms with E-state index in [0.717, 1.165) is 6.07 Å². The van der Waals surface area contributed by atoms with E-state index in [-0.39, 0.29) is 5.56 Å². The average Bonchev–Trinajstić information content (AvgIpc) is 2.48. The van der Waals surface area contributed by atoms with Crippen LogP contribution in [0.1, 0.15) is 10.4 Å². The van der Waals surface area contributed by atoms with E-state index in [0.29, 0.717) is 17.1 Å². The van der Waals surface area contributed by atoms with Crippen LogP contribution in [0.3, 0.4) is 0 Å². The van der Waals surface area contributed by atoms with Crippen LogP contribution in [0.15, 0.2) is 30.3 Å². The van der Waals surface area contributed by atoms with Crippen LogP contribution in [-0.2, 0) is 0 Å². The van der Waals surface area contributed by atoms with Crippen LogP contribution in [0.4, 0.5) is 8.78 Å². The number of halogens is 2. The molecule has 0 bridgehead atoms. The lowest BCUT2D eigenvalue weighted by Crippen LogP contribution is -2.04. The van der Waals surface area contributed by atoms with Crippen molar-refractivity contribution in [3.63, 3.8) is 0 Å². The molecule has 0 radical (unpaired) electrons. The van der Waals surface area contributed by atoms with E-state index < -0.39 is 23.2 Å². The summed E-state index contributed by atoms with van der Waals surface area (Å²) in [6.07, 6.45) is 0. The van der Waals surface area contributed by atoms with Gasteiger partial charge >= 0.3 is 5.97 Å². The minimum atomic E-state index is -1.52. The molecule has 21 heavy (non-hydrogen) atoms. The third-order valence-electron chi connectivity index (χ3n) is 3.01. The largest absolute Gasteiger partial charge is 0.493 e. The quantitative estimate of drug-likeness (QED) is 0.939. The molecule has 0 aromatic heterocycles. The van der Waals surface area contributed by atoms with E-state index in [2.05, 4.69) is 0 Å². The third-order valence-corrected chi connectivity index (χ3v) is 3.01. The topological polar surface area (TPSA) is 55.8 Å². The number of methoxy groups -OCH3 is 2. The van der Waals surface area contributed by atoms with E-state index in [1.54, 1.807) is 6.07 Å². The molecular formula is C15H12F2O4. The summed E-state index contributed by atoms with van der Waals surface area (Å²) in [7, 11) is 2.88. The standard InChI is InChI=1S/C15H12F2O4/c1-20-11-6-3-8(7-12(11)21-2)9-4-5-10(15(18)19)14(17)13(9)16/h3-7H,1-2H3,(H,18,19). The summed E-state index contributed by atoms with van der Waals surface area (Å²) in [5.74, 6) is -3.33. The SMILES string of the molecule is COc1ccc(-c2ccc(C(=O)O)c(F)c2F)cc1OC. The first-order valence-corrected chi connectivity index (χ1v) is 5.93. The Kier molecular flexibility index (Phi) is 4.07. The number of rotatable bonds is 4. The molecule has 6 heteroatoms. The minimum Gasteiger partial charge on any atom is -0.493 e. The summed E-state index contributed by atoms with van der Waals surface area (Å²) in [5.41, 5.74) is -0.420. The van der Waals surface area contributed by atoms with Crippen LogP contribution in [0.2, 0.25) is 0 Å². The smallest absolute Gasteiger partial charge is 0.338 e. The fourth-order valence-electron chi connectivity index (χ4n) is 1.94. The van der Waals surface area contributed by atoms with Gasteiger partial charge in [0.05, 0.1) is 19.8 Å². The zero-order chi connectivity index (χ0) is 15.6. The highest BCUT2D eigenvalue weighted by Crippen LogP contribution is 2.34. The van der Waals surface area contributed by atoms with Gasteiger partial charge in [-0.15, -0.1) is 0 Å². The number of benzene rings is 2. The summed E-state index contributed by atoms with van der Waals surface area (Å²) in [5, 5.41) is 8.76. The zero-order valence-corrected chi connectivity index (χ0v) is 11.3. The van der Waals surface area contributed by atoms with Gasteiger partial charge in [-0.3, -0.25) is 0 Å². The van der Waals surface area contributed by atoms with Gasteiger partial charge in [0.25, 0.3) is 0 Å². The first-order valence-electron chi connectivity index (χ1n) is 5.93. The molecule has 0 atom stereocenters. The van der Waals surface area contributed by atoms with Crippen LogP contribution >= 0.6 is 0 Å². The van der Waals surface area contributed by atoms with Gasteiger partial charge in [0, 0.05) is 5.56 Å². The number of ether oxygens (including phenoxy) is 2. The van der Waals surface area contributed by atoms with E-state index in [1.807, 2.05) is 0 Å². The number of hydrogen-bond donors (Lipinski definition) is 1. The molecule has 2 rings (SSSR count). The molecule has 1 N–H and O–H groups in total. The fourth-order valence-corrected chi connectivity index (χ4v) is 1.94. The van der Waals surface area contributed by atoms with Crippen LogP contribution in [0.25, 0.3) is 11.1 Å². The van der Waals surface area contributed by atoms with E-state index in [9.17, 15) is 13.6 Å². The molecule has 2 aromatic carbocycles. The Morgan fingerprint density at radius 2 is 1.67 bits per heavy atom. The van der Waals surface area contributed by atoms with Gasteiger partial charge in [0.15, 0.2) is 23.1 Å². The lowest BCUT2D eigenvalue weighted by Gasteiger charge is -2.11. The maximum atomic E-state index is 14.0. The molecule has 0 amide bonds. The fraction of sp³-hybridized carbons (Fsp3) is 0.133. The summed E-state index contributed by atoms with van der Waals surface area (Å²) in [6.45, 7) is 0. The summed E-state index contributed by atoms with van der Waals surface area (Å²) in [6, 6.07) is 6.79. The van der Waals surface area contributed by atoms with Gasteiger partial charge in [0.2, 0.25) is 0 Å². The van der Waals surface area contributed by atoms with Crippen molar-refractivity contribution in [2.45, 2.75) is 0 Å². The summed E-state index contributed by atoms with van der Waals surface area (Å²) in [4.78, 5) is 10.8. The van der Waals surface area contributed by atoms with Crippen molar-refractivity contribution in [1.82, 2.24) is 0 Å². The maximum Gasteiger partial charge on any atom is 0.338 e. The monoisotopic (exact) mass is 294 g/mol. The summed E-state index contributed by atoms with van der Waals surface area (Å²) >= 11 is 0. The molecule has 0 aliphatic rings. The Balaban J connectivity index is 2.57. The number of hydrogen-bond acceptors (Lipinski definition) is 3. The van der Waals surface area contributed by atoms with Crippen molar-refractivity contribution in [3.05, 3.63) is 47.5 Å². The minimum absolute atomic E-state index is 0.0570. The van der Waals surface area contributed by atoms with Gasteiger partial charge in [-0.25, -0.2) is 13.6 Å². The molecule has 110 valence electrons. The Bertz CT molecular complexity index is 698. The van der Waals surface area contributed by atoms with Crippen LogP contribution in [0, 0.1) is 11.6 Å². The molecule has 0 spiro atoms. The highest BCUT2D eigenvalue weighted by Gasteiger charge is 2.19. The van der Waals surface area contributed by atoms with Crippen LogP contribution in [0.5, 0.6) is 11.5 Å². The van der Waals surface area contributed by atoms with Crippen molar-refractivity contribution >= 4 is 5.97 Å². The predicted octanol–water partition coefficient (Wildman–Crippen LogP) is 3.35. The van der Waals surface area contributed by atoms with E-state index in [4.69, 9.17) is 14.6 Å². The molecule has 0 heterocycles. The van der Waals surface area contributed by atoms with Crippen molar-refractivity contribution in [1.29, 1.82) is 0 Å². The van der Waals surface area contributed by atoms with Crippen molar-refractivity contribution < 1.29 is 28.2 Å². The summed E-state index contributed by atoms with van der Waals surface area (Å²) < 4.78 is 37.9. The van der Waals surface area contributed by atoms with Crippen LogP contribution in [-0.4, -0.2) is 25.3 Å². The predicted molar refractivity (Wildman–Crippen MR) is 71.9 cm³/mol. The normalized spacial score (nSPS) is 10.3. The number of carbonyl (C=O) groups is 1. The second-order valence-corrected chi connectivity index (χ2v) is 4.16. The van der Waals surface area contributed by atoms with Gasteiger partial charge in [-0.05, 0) is 23.8 Å². The molecule has 0 saturated heterocycles. The van der Waals surface area contributed by atoms with Crippen molar-refractivity contribution in [3.8, 4) is 22.6 Å². The van der Waals surface area contributed by atoms with Gasteiger partial charge in [-0.1, -0.05) is 12.1 Å². The van der Waals surface area contributed by atoms with E-state index >= 15 is 0 Å². The highest BCUT2D eigenvalue weighted by atomic mass is 19.2. The van der Waals surface area contributed by atoms with Gasteiger partial charge in [0.1, 0.15) is 0 Å². The molecule has 0 aliphatic heterocycles. The van der Waals surface area contributed by atoms with Crippen LogP contribution < -0.4 is 9.47 Å². The Labute approximate surface area is 119 Å². The molecule has 0 unspecified atom stereocenters. The number of carboxylic acids is 1. The molecule has 4 nitrogen and oxygen atoms in total. The lowest BCUT2D eigenvalue weighted by molar-refractivity contribution is 0.0690. The molecule has 0 fully saturated rings. The van der Waals surface area contributed by atoms with E-state index in [1.165, 1.54) is 32.4 Å². The number of aromatic carboxylic acids is 1. The molecule has 2 aromatic rings. The second-order valence-electron chi connectivity index (χ2n) is 4.16. The van der Waals surface area contributed by atoms with Gasteiger partial charge in [-0.2, -0.15) is 0 Å². The van der Waals surface area contributed by atoms with Crippen molar-refractivity contribution in [2.24, 2.45) is 0 Å². The van der Waals surface area contributed by atoms with Crippen molar-refractivity contribution in [2.75, 3.05) is 14.2 Å². The number of carboxylic acid groups (broad SMARTS) is 1. The molecular weight excluding hydrogens is 282 g/mol. The highest BCUT2D eigenvalue weighted by molar-refractivity contribution is 5.89. The Morgan fingerprint density at radius 1 is 1.00 bits per heavy atom.